The van der Waals surface area contributed by atoms with E-state index in [4.69, 9.17) is 17.3 Å². The van der Waals surface area contributed by atoms with Crippen molar-refractivity contribution < 1.29 is 38.0 Å². The molecular formula is C21H26ClIN2O2S. The summed E-state index contributed by atoms with van der Waals surface area (Å²) in [5, 5.41) is 0.653. The van der Waals surface area contributed by atoms with Crippen LogP contribution in [0.15, 0.2) is 24.3 Å². The van der Waals surface area contributed by atoms with Gasteiger partial charge in [-0.25, -0.2) is 0 Å². The van der Waals surface area contributed by atoms with Crippen molar-refractivity contribution in [1.82, 2.24) is 0 Å². The Morgan fingerprint density at radius 2 is 1.82 bits per heavy atom. The molecule has 1 aromatic carbocycles. The van der Waals surface area contributed by atoms with E-state index >= 15 is 0 Å². The van der Waals surface area contributed by atoms with Gasteiger partial charge in [0.05, 0.1) is 32.7 Å². The number of hydrogen-bond acceptors (Lipinski definition) is 3. The second-order valence-corrected chi connectivity index (χ2v) is 9.82. The Bertz CT molecular complexity index is 872. The van der Waals surface area contributed by atoms with E-state index in [2.05, 4.69) is 21.1 Å². The molecule has 1 heterocycles. The minimum absolute atomic E-state index is 0. The number of Topliss-reactive ketones (excluding diaryl/α,β-unsaturated/α-hetero) is 1. The van der Waals surface area contributed by atoms with Gasteiger partial charge in [-0.05, 0) is 29.7 Å². The van der Waals surface area contributed by atoms with E-state index in [1.165, 1.54) is 4.88 Å². The molecule has 0 radical (unpaired) electrons. The quantitative estimate of drug-likeness (QED) is 0.433. The molecule has 1 aliphatic rings. The number of nitrogens with two attached hydrogens (primary N) is 1. The molecule has 1 aliphatic carbocycles. The number of quaternary nitrogens is 1. The van der Waals surface area contributed by atoms with Crippen LogP contribution < -0.4 is 29.7 Å². The Hall–Kier alpha value is -0.960. The van der Waals surface area contributed by atoms with Gasteiger partial charge in [0.2, 0.25) is 5.91 Å². The minimum Gasteiger partial charge on any atom is -1.00 e. The number of amides is 1. The van der Waals surface area contributed by atoms with Crippen LogP contribution in [-0.2, 0) is 30.5 Å². The van der Waals surface area contributed by atoms with E-state index in [9.17, 15) is 9.59 Å². The van der Waals surface area contributed by atoms with E-state index in [0.717, 1.165) is 39.7 Å². The Morgan fingerprint density at radius 1 is 1.18 bits per heavy atom. The molecule has 0 saturated heterocycles. The topological polar surface area (TPSA) is 60.2 Å². The van der Waals surface area contributed by atoms with Crippen molar-refractivity contribution in [2.24, 2.45) is 5.73 Å². The number of benzene rings is 1. The highest BCUT2D eigenvalue weighted by molar-refractivity contribution is 7.12. The molecule has 4 nitrogen and oxygen atoms in total. The number of fused-ring (bicyclic) bond motifs is 1. The molecule has 0 spiro atoms. The van der Waals surface area contributed by atoms with Crippen LogP contribution in [0.4, 0.5) is 0 Å². The van der Waals surface area contributed by atoms with Gasteiger partial charge in [-0.1, -0.05) is 23.7 Å². The fraction of sp³-hybridized carbons (Fsp3) is 0.429. The third-order valence-corrected chi connectivity index (χ3v) is 6.83. The summed E-state index contributed by atoms with van der Waals surface area (Å²) in [4.78, 5) is 26.8. The summed E-state index contributed by atoms with van der Waals surface area (Å²) in [5.41, 5.74) is 8.29. The van der Waals surface area contributed by atoms with Crippen molar-refractivity contribution in [3.63, 3.8) is 0 Å². The van der Waals surface area contributed by atoms with Crippen molar-refractivity contribution >= 4 is 34.6 Å². The summed E-state index contributed by atoms with van der Waals surface area (Å²) in [7, 11) is 6.61. The average molecular weight is 533 g/mol. The third-order valence-electron chi connectivity index (χ3n) is 5.33. The molecule has 7 heteroatoms. The SMILES string of the molecule is C[N+](C)(C)C1CCc2c(sc(CC(=O)Cc3ccc(Cl)cc3)c2C(N)=O)C1.[I-]. The molecule has 28 heavy (non-hydrogen) atoms. The van der Waals surface area contributed by atoms with Crippen molar-refractivity contribution in [2.75, 3.05) is 21.1 Å². The van der Waals surface area contributed by atoms with E-state index in [1.807, 2.05) is 12.1 Å². The van der Waals surface area contributed by atoms with Gasteiger partial charge in [0.25, 0.3) is 0 Å². The lowest BCUT2D eigenvalue weighted by molar-refractivity contribution is -0.896. The molecule has 2 aromatic rings. The zero-order chi connectivity index (χ0) is 19.8. The normalized spacial score (nSPS) is 16.2. The highest BCUT2D eigenvalue weighted by Crippen LogP contribution is 2.36. The Morgan fingerprint density at radius 3 is 2.39 bits per heavy atom. The lowest BCUT2D eigenvalue weighted by Gasteiger charge is -2.36. The predicted molar refractivity (Wildman–Crippen MR) is 111 cm³/mol. The monoisotopic (exact) mass is 532 g/mol. The molecule has 2 N–H and O–H groups in total. The van der Waals surface area contributed by atoms with E-state index in [-0.39, 0.29) is 36.2 Å². The van der Waals surface area contributed by atoms with Crippen molar-refractivity contribution in [3.05, 3.63) is 55.7 Å². The first kappa shape index (κ1) is 23.3. The maximum atomic E-state index is 12.6. The number of carbonyl (C=O) groups is 2. The first-order valence-electron chi connectivity index (χ1n) is 9.15. The first-order valence-corrected chi connectivity index (χ1v) is 10.3. The largest absolute Gasteiger partial charge is 1.00 e. The van der Waals surface area contributed by atoms with Gasteiger partial charge < -0.3 is 34.2 Å². The van der Waals surface area contributed by atoms with Crippen molar-refractivity contribution in [2.45, 2.75) is 38.1 Å². The maximum absolute atomic E-state index is 12.6. The van der Waals surface area contributed by atoms with Gasteiger partial charge in [-0.3, -0.25) is 9.59 Å². The number of ketones is 1. The van der Waals surface area contributed by atoms with Crippen LogP contribution >= 0.6 is 22.9 Å². The highest BCUT2D eigenvalue weighted by atomic mass is 127. The van der Waals surface area contributed by atoms with Gasteiger partial charge >= 0.3 is 0 Å². The standard InChI is InChI=1S/C21H25ClN2O2S.HI/c1-24(2,3)15-8-9-17-18(11-15)27-19(20(17)21(23)26)12-16(25)10-13-4-6-14(22)7-5-13;/h4-7,15H,8-12H2,1-3H3,(H-,23,26);1H. The molecule has 1 atom stereocenters. The molecule has 0 saturated carbocycles. The number of primary amides is 1. The molecule has 0 fully saturated rings. The lowest BCUT2D eigenvalue weighted by Crippen LogP contribution is -3.00. The summed E-state index contributed by atoms with van der Waals surface area (Å²) in [6.45, 7) is 0. The zero-order valence-corrected chi connectivity index (χ0v) is 20.2. The summed E-state index contributed by atoms with van der Waals surface area (Å²) in [6.07, 6.45) is 3.42. The van der Waals surface area contributed by atoms with E-state index in [1.54, 1.807) is 23.5 Å². The minimum atomic E-state index is -0.412. The summed E-state index contributed by atoms with van der Waals surface area (Å²) in [6, 6.07) is 7.82. The summed E-state index contributed by atoms with van der Waals surface area (Å²) < 4.78 is 0.897. The summed E-state index contributed by atoms with van der Waals surface area (Å²) >= 11 is 7.50. The highest BCUT2D eigenvalue weighted by Gasteiger charge is 2.33. The second kappa shape index (κ2) is 9.24. The van der Waals surface area contributed by atoms with Gasteiger partial charge in [0, 0.05) is 40.5 Å². The molecule has 152 valence electrons. The van der Waals surface area contributed by atoms with Crippen molar-refractivity contribution in [3.8, 4) is 0 Å². The fourth-order valence-electron chi connectivity index (χ4n) is 3.77. The number of nitrogens with zero attached hydrogens (tertiary/aromatic N) is 1. The molecular weight excluding hydrogens is 507 g/mol. The van der Waals surface area contributed by atoms with Crippen LogP contribution in [0.3, 0.4) is 0 Å². The van der Waals surface area contributed by atoms with Crippen molar-refractivity contribution in [1.29, 1.82) is 0 Å². The lowest BCUT2D eigenvalue weighted by atomic mass is 9.89. The van der Waals surface area contributed by atoms with Crippen LogP contribution in [0.5, 0.6) is 0 Å². The van der Waals surface area contributed by atoms with Crippen LogP contribution in [-0.4, -0.2) is 43.4 Å². The number of thiophene rings is 1. The van der Waals surface area contributed by atoms with Crippen LogP contribution in [0.2, 0.25) is 5.02 Å². The third kappa shape index (κ3) is 5.34. The molecule has 3 rings (SSSR count). The van der Waals surface area contributed by atoms with E-state index < -0.39 is 5.91 Å². The van der Waals surface area contributed by atoms with Gasteiger partial charge in [-0.2, -0.15) is 0 Å². The second-order valence-electron chi connectivity index (χ2n) is 8.20. The first-order chi connectivity index (χ1) is 12.6. The number of carbonyl (C=O) groups excluding carboxylic acids is 2. The number of halogens is 2. The molecule has 0 bridgehead atoms. The van der Waals surface area contributed by atoms with Gasteiger partial charge in [-0.15, -0.1) is 11.3 Å². The number of rotatable bonds is 6. The van der Waals surface area contributed by atoms with Crippen LogP contribution in [0.25, 0.3) is 0 Å². The Labute approximate surface area is 192 Å². The maximum Gasteiger partial charge on any atom is 0.250 e. The van der Waals surface area contributed by atoms with Gasteiger partial charge in [0.15, 0.2) is 0 Å². The molecule has 1 amide bonds. The van der Waals surface area contributed by atoms with Crippen LogP contribution in [0, 0.1) is 0 Å². The van der Waals surface area contributed by atoms with E-state index in [0.29, 0.717) is 23.0 Å². The predicted octanol–water partition coefficient (Wildman–Crippen LogP) is 0.422. The smallest absolute Gasteiger partial charge is 0.250 e. The average Bonchev–Trinajstić information content (AvgIpc) is 2.93. The van der Waals surface area contributed by atoms with Gasteiger partial charge in [0.1, 0.15) is 5.78 Å². The molecule has 1 aromatic heterocycles. The van der Waals surface area contributed by atoms with Crippen LogP contribution in [0.1, 0.15) is 37.7 Å². The number of hydrogen-bond donors (Lipinski definition) is 1. The molecule has 0 aliphatic heterocycles. The summed E-state index contributed by atoms with van der Waals surface area (Å²) in [5.74, 6) is -0.327. The molecule has 1 unspecified atom stereocenters. The zero-order valence-electron chi connectivity index (χ0n) is 16.4. The fourth-order valence-corrected chi connectivity index (χ4v) is 5.35. The Balaban J connectivity index is 0.00000280. The Kier molecular flexibility index (Phi) is 7.69. The number of likely N-dealkylation sites (N-methyl/N-ethyl adjacent to an activating group) is 1.